The van der Waals surface area contributed by atoms with Crippen LogP contribution in [0.15, 0.2) is 12.3 Å². The maximum atomic E-state index is 5.84. The second-order valence-corrected chi connectivity index (χ2v) is 3.93. The molecule has 5 nitrogen and oxygen atoms in total. The molecule has 0 unspecified atom stereocenters. The van der Waals surface area contributed by atoms with Crippen LogP contribution in [0, 0.1) is 0 Å². The molecule has 0 aliphatic heterocycles. The maximum absolute atomic E-state index is 5.84. The number of hydrogen-bond donors (Lipinski definition) is 3. The minimum absolute atomic E-state index is 0.329. The molecule has 2 atom stereocenters. The smallest absolute Gasteiger partial charge is 0.224 e. The van der Waals surface area contributed by atoms with Crippen LogP contribution in [0.3, 0.4) is 0 Å². The number of hydrogen-bond acceptors (Lipinski definition) is 5. The van der Waals surface area contributed by atoms with Crippen molar-refractivity contribution < 1.29 is 0 Å². The molecule has 1 heterocycles. The van der Waals surface area contributed by atoms with Crippen LogP contribution < -0.4 is 16.4 Å². The third-order valence-corrected chi connectivity index (χ3v) is 2.72. The molecule has 1 aliphatic carbocycles. The molecule has 0 bridgehead atoms. The van der Waals surface area contributed by atoms with Crippen molar-refractivity contribution in [2.24, 2.45) is 5.73 Å². The molecule has 1 aromatic heterocycles. The lowest BCUT2D eigenvalue weighted by molar-refractivity contribution is 0.685. The van der Waals surface area contributed by atoms with Gasteiger partial charge < -0.3 is 16.4 Å². The van der Waals surface area contributed by atoms with E-state index < -0.39 is 0 Å². The molecule has 1 aromatic rings. The monoisotopic (exact) mass is 207 g/mol. The van der Waals surface area contributed by atoms with Crippen LogP contribution in [0.5, 0.6) is 0 Å². The average molecular weight is 207 g/mol. The van der Waals surface area contributed by atoms with Gasteiger partial charge in [0.2, 0.25) is 5.95 Å². The van der Waals surface area contributed by atoms with Crippen LogP contribution in [-0.2, 0) is 0 Å². The molecular formula is C10H17N5. The van der Waals surface area contributed by atoms with E-state index in [4.69, 9.17) is 5.73 Å². The van der Waals surface area contributed by atoms with E-state index in [1.54, 1.807) is 6.20 Å². The van der Waals surface area contributed by atoms with Crippen molar-refractivity contribution in [2.75, 3.05) is 17.7 Å². The van der Waals surface area contributed by atoms with Crippen LogP contribution in [0.4, 0.5) is 11.8 Å². The fourth-order valence-electron chi connectivity index (χ4n) is 1.90. The fraction of sp³-hybridized carbons (Fsp3) is 0.600. The summed E-state index contributed by atoms with van der Waals surface area (Å²) in [6.07, 6.45) is 4.95. The second-order valence-electron chi connectivity index (χ2n) is 3.93. The number of rotatable bonds is 3. The van der Waals surface area contributed by atoms with E-state index in [1.165, 1.54) is 0 Å². The number of nitrogens with two attached hydrogens (primary N) is 1. The van der Waals surface area contributed by atoms with Crippen molar-refractivity contribution in [1.29, 1.82) is 0 Å². The van der Waals surface area contributed by atoms with Gasteiger partial charge in [-0.2, -0.15) is 4.98 Å². The van der Waals surface area contributed by atoms with E-state index in [2.05, 4.69) is 20.6 Å². The summed E-state index contributed by atoms with van der Waals surface area (Å²) in [7, 11) is 1.84. The van der Waals surface area contributed by atoms with E-state index in [0.29, 0.717) is 18.0 Å². The Balaban J connectivity index is 1.98. The Labute approximate surface area is 89.5 Å². The van der Waals surface area contributed by atoms with Crippen LogP contribution in [-0.4, -0.2) is 29.1 Å². The Morgan fingerprint density at radius 3 is 3.00 bits per heavy atom. The SMILES string of the molecule is CNc1ccnc(N[C@@H]2CC[C@H](N)C2)n1. The molecule has 1 fully saturated rings. The Kier molecular flexibility index (Phi) is 3.01. The van der Waals surface area contributed by atoms with Gasteiger partial charge in [-0.3, -0.25) is 0 Å². The van der Waals surface area contributed by atoms with E-state index in [0.717, 1.165) is 25.1 Å². The summed E-state index contributed by atoms with van der Waals surface area (Å²) in [5.74, 6) is 1.51. The summed E-state index contributed by atoms with van der Waals surface area (Å²) in [6.45, 7) is 0. The molecule has 0 amide bonds. The average Bonchev–Trinajstić information content (AvgIpc) is 2.64. The first-order valence-corrected chi connectivity index (χ1v) is 5.31. The zero-order valence-electron chi connectivity index (χ0n) is 8.90. The first-order chi connectivity index (χ1) is 7.28. The topological polar surface area (TPSA) is 75.9 Å². The molecule has 0 saturated heterocycles. The Bertz CT molecular complexity index is 327. The van der Waals surface area contributed by atoms with Crippen LogP contribution in [0.1, 0.15) is 19.3 Å². The van der Waals surface area contributed by atoms with Crippen LogP contribution in [0.2, 0.25) is 0 Å². The molecule has 15 heavy (non-hydrogen) atoms. The zero-order valence-corrected chi connectivity index (χ0v) is 8.90. The third kappa shape index (κ3) is 2.56. The predicted molar refractivity (Wildman–Crippen MR) is 60.8 cm³/mol. The highest BCUT2D eigenvalue weighted by Gasteiger charge is 2.21. The van der Waals surface area contributed by atoms with Gasteiger partial charge in [0.15, 0.2) is 0 Å². The van der Waals surface area contributed by atoms with Gasteiger partial charge in [-0.25, -0.2) is 4.98 Å². The second kappa shape index (κ2) is 4.44. The normalized spacial score (nSPS) is 25.2. The Hall–Kier alpha value is -1.36. The Morgan fingerprint density at radius 1 is 1.47 bits per heavy atom. The van der Waals surface area contributed by atoms with Gasteiger partial charge in [0.05, 0.1) is 0 Å². The van der Waals surface area contributed by atoms with E-state index in [1.807, 2.05) is 13.1 Å². The standard InChI is InChI=1S/C10H17N5/c1-12-9-4-5-13-10(15-9)14-8-3-2-7(11)6-8/h4-5,7-8H,2-3,6,11H2,1H3,(H2,12,13,14,15)/t7-,8+/m0/s1. The number of nitrogens with zero attached hydrogens (tertiary/aromatic N) is 2. The highest BCUT2D eigenvalue weighted by atomic mass is 15.1. The molecule has 82 valence electrons. The van der Waals surface area contributed by atoms with Gasteiger partial charge in [-0.15, -0.1) is 0 Å². The first-order valence-electron chi connectivity index (χ1n) is 5.31. The largest absolute Gasteiger partial charge is 0.373 e. The lowest BCUT2D eigenvalue weighted by Gasteiger charge is -2.12. The highest BCUT2D eigenvalue weighted by molar-refractivity contribution is 5.39. The van der Waals surface area contributed by atoms with Gasteiger partial charge in [0.1, 0.15) is 5.82 Å². The quantitative estimate of drug-likeness (QED) is 0.684. The van der Waals surface area contributed by atoms with Crippen molar-refractivity contribution in [3.05, 3.63) is 12.3 Å². The summed E-state index contributed by atoms with van der Waals surface area (Å²) in [4.78, 5) is 8.48. The maximum Gasteiger partial charge on any atom is 0.224 e. The molecule has 0 aromatic carbocycles. The van der Waals surface area contributed by atoms with E-state index in [9.17, 15) is 0 Å². The third-order valence-electron chi connectivity index (χ3n) is 2.72. The zero-order chi connectivity index (χ0) is 10.7. The molecular weight excluding hydrogens is 190 g/mol. The molecule has 1 aliphatic rings. The minimum Gasteiger partial charge on any atom is -0.373 e. The summed E-state index contributed by atoms with van der Waals surface area (Å²) in [5, 5.41) is 6.29. The number of nitrogens with one attached hydrogen (secondary N) is 2. The molecule has 1 saturated carbocycles. The summed E-state index contributed by atoms with van der Waals surface area (Å²) >= 11 is 0. The first kappa shape index (κ1) is 10.2. The van der Waals surface area contributed by atoms with Crippen molar-refractivity contribution in [3.8, 4) is 0 Å². The lowest BCUT2D eigenvalue weighted by Crippen LogP contribution is -2.21. The minimum atomic E-state index is 0.329. The summed E-state index contributed by atoms with van der Waals surface area (Å²) in [6, 6.07) is 2.59. The molecule has 4 N–H and O–H groups in total. The van der Waals surface area contributed by atoms with Gasteiger partial charge >= 0.3 is 0 Å². The fourth-order valence-corrected chi connectivity index (χ4v) is 1.90. The number of anilines is 2. The molecule has 0 radical (unpaired) electrons. The molecule has 0 spiro atoms. The Morgan fingerprint density at radius 2 is 2.33 bits per heavy atom. The summed E-state index contributed by atoms with van der Waals surface area (Å²) < 4.78 is 0. The van der Waals surface area contributed by atoms with Crippen LogP contribution in [0.25, 0.3) is 0 Å². The van der Waals surface area contributed by atoms with Crippen molar-refractivity contribution in [1.82, 2.24) is 9.97 Å². The highest BCUT2D eigenvalue weighted by Crippen LogP contribution is 2.20. The van der Waals surface area contributed by atoms with E-state index >= 15 is 0 Å². The number of aromatic nitrogens is 2. The van der Waals surface area contributed by atoms with Crippen molar-refractivity contribution in [2.45, 2.75) is 31.3 Å². The van der Waals surface area contributed by atoms with E-state index in [-0.39, 0.29) is 0 Å². The van der Waals surface area contributed by atoms with Crippen molar-refractivity contribution >= 4 is 11.8 Å². The molecule has 2 rings (SSSR count). The predicted octanol–water partition coefficient (Wildman–Crippen LogP) is 0.810. The van der Waals surface area contributed by atoms with Crippen LogP contribution >= 0.6 is 0 Å². The van der Waals surface area contributed by atoms with Gasteiger partial charge in [0, 0.05) is 25.3 Å². The summed E-state index contributed by atoms with van der Waals surface area (Å²) in [5.41, 5.74) is 5.84. The van der Waals surface area contributed by atoms with Gasteiger partial charge in [0.25, 0.3) is 0 Å². The molecule has 5 heteroatoms. The van der Waals surface area contributed by atoms with Gasteiger partial charge in [-0.1, -0.05) is 0 Å². The lowest BCUT2D eigenvalue weighted by atomic mass is 10.2. The van der Waals surface area contributed by atoms with Crippen molar-refractivity contribution in [3.63, 3.8) is 0 Å². The van der Waals surface area contributed by atoms with Gasteiger partial charge in [-0.05, 0) is 25.3 Å².